The summed E-state index contributed by atoms with van der Waals surface area (Å²) in [4.78, 5) is 4.09. The van der Waals surface area contributed by atoms with Crippen molar-refractivity contribution >= 4 is 29.2 Å². The Morgan fingerprint density at radius 1 is 1.28 bits per heavy atom. The maximum absolute atomic E-state index is 5.94. The van der Waals surface area contributed by atoms with Crippen LogP contribution in [0, 0.1) is 0 Å². The van der Waals surface area contributed by atoms with Gasteiger partial charge in [-0.25, -0.2) is 0 Å². The maximum atomic E-state index is 5.94. The summed E-state index contributed by atoms with van der Waals surface area (Å²) < 4.78 is 0. The molecule has 0 radical (unpaired) electrons. The van der Waals surface area contributed by atoms with Crippen LogP contribution < -0.4 is 10.6 Å². The van der Waals surface area contributed by atoms with Crippen molar-refractivity contribution < 1.29 is 0 Å². The van der Waals surface area contributed by atoms with Gasteiger partial charge in [0.25, 0.3) is 0 Å². The molecule has 0 aromatic heterocycles. The van der Waals surface area contributed by atoms with Crippen molar-refractivity contribution in [2.75, 3.05) is 20.1 Å². The van der Waals surface area contributed by atoms with Crippen molar-refractivity contribution in [3.05, 3.63) is 46.5 Å². The molecule has 0 unspecified atom stereocenters. The van der Waals surface area contributed by atoms with E-state index in [4.69, 9.17) is 23.2 Å². The number of hydrogen-bond acceptors (Lipinski definition) is 1. The average molecular weight is 286 g/mol. The fraction of sp³-hybridized carbons (Fsp3) is 0.308. The van der Waals surface area contributed by atoms with Crippen LogP contribution in [0.5, 0.6) is 0 Å². The quantitative estimate of drug-likeness (QED) is 0.496. The molecule has 0 aliphatic carbocycles. The van der Waals surface area contributed by atoms with E-state index in [0.717, 1.165) is 24.5 Å². The monoisotopic (exact) mass is 285 g/mol. The van der Waals surface area contributed by atoms with Crippen LogP contribution in [-0.4, -0.2) is 26.1 Å². The summed E-state index contributed by atoms with van der Waals surface area (Å²) in [5, 5.41) is 7.61. The first-order chi connectivity index (χ1) is 8.65. The second-order valence-corrected chi connectivity index (χ2v) is 4.57. The smallest absolute Gasteiger partial charge is 0.191 e. The SMILES string of the molecule is C=CCNC(=NC)NCCc1cc(Cl)cc(Cl)c1. The fourth-order valence-corrected chi connectivity index (χ4v) is 2.04. The van der Waals surface area contributed by atoms with Crippen LogP contribution in [0.15, 0.2) is 35.8 Å². The minimum Gasteiger partial charge on any atom is -0.356 e. The Labute approximate surface area is 118 Å². The lowest BCUT2D eigenvalue weighted by Crippen LogP contribution is -2.38. The molecule has 18 heavy (non-hydrogen) atoms. The number of rotatable bonds is 5. The average Bonchev–Trinajstić information content (AvgIpc) is 2.32. The van der Waals surface area contributed by atoms with Crippen molar-refractivity contribution in [2.45, 2.75) is 6.42 Å². The van der Waals surface area contributed by atoms with Gasteiger partial charge in [0, 0.05) is 30.2 Å². The lowest BCUT2D eigenvalue weighted by molar-refractivity contribution is 0.822. The van der Waals surface area contributed by atoms with E-state index in [1.165, 1.54) is 0 Å². The molecule has 1 aromatic carbocycles. The molecule has 0 amide bonds. The van der Waals surface area contributed by atoms with Gasteiger partial charge in [0.05, 0.1) is 0 Å². The van der Waals surface area contributed by atoms with E-state index in [0.29, 0.717) is 16.6 Å². The Balaban J connectivity index is 2.43. The van der Waals surface area contributed by atoms with Gasteiger partial charge < -0.3 is 10.6 Å². The molecule has 0 aliphatic heterocycles. The second-order valence-electron chi connectivity index (χ2n) is 3.70. The zero-order valence-corrected chi connectivity index (χ0v) is 11.9. The zero-order chi connectivity index (χ0) is 13.4. The number of hydrogen-bond donors (Lipinski definition) is 2. The van der Waals surface area contributed by atoms with Crippen LogP contribution in [0.25, 0.3) is 0 Å². The van der Waals surface area contributed by atoms with Crippen molar-refractivity contribution in [1.82, 2.24) is 10.6 Å². The standard InChI is InChI=1S/C13H17Cl2N3/c1-3-5-17-13(16-2)18-6-4-10-7-11(14)9-12(15)8-10/h3,7-9H,1,4-6H2,2H3,(H2,16,17,18). The summed E-state index contributed by atoms with van der Waals surface area (Å²) in [7, 11) is 1.73. The summed E-state index contributed by atoms with van der Waals surface area (Å²) in [6.45, 7) is 5.08. The van der Waals surface area contributed by atoms with E-state index in [1.807, 2.05) is 12.1 Å². The molecule has 0 atom stereocenters. The number of nitrogens with zero attached hydrogens (tertiary/aromatic N) is 1. The topological polar surface area (TPSA) is 36.4 Å². The Morgan fingerprint density at radius 3 is 2.50 bits per heavy atom. The molecular weight excluding hydrogens is 269 g/mol. The van der Waals surface area contributed by atoms with Crippen LogP contribution in [-0.2, 0) is 6.42 Å². The molecule has 1 rings (SSSR count). The molecule has 3 nitrogen and oxygen atoms in total. The predicted molar refractivity (Wildman–Crippen MR) is 79.7 cm³/mol. The van der Waals surface area contributed by atoms with Crippen LogP contribution in [0.1, 0.15) is 5.56 Å². The molecule has 0 aliphatic rings. The third kappa shape index (κ3) is 5.43. The maximum Gasteiger partial charge on any atom is 0.191 e. The summed E-state index contributed by atoms with van der Waals surface area (Å²) in [6.07, 6.45) is 2.61. The molecule has 98 valence electrons. The van der Waals surface area contributed by atoms with E-state index in [-0.39, 0.29) is 0 Å². The molecule has 1 aromatic rings. The minimum atomic E-state index is 0.659. The second kappa shape index (κ2) is 8.01. The van der Waals surface area contributed by atoms with E-state index in [9.17, 15) is 0 Å². The van der Waals surface area contributed by atoms with E-state index in [2.05, 4.69) is 22.2 Å². The molecule has 0 fully saturated rings. The van der Waals surface area contributed by atoms with E-state index >= 15 is 0 Å². The normalized spacial score (nSPS) is 11.2. The number of aliphatic imine (C=N–C) groups is 1. The zero-order valence-electron chi connectivity index (χ0n) is 10.3. The minimum absolute atomic E-state index is 0.659. The molecule has 0 bridgehead atoms. The van der Waals surface area contributed by atoms with Crippen LogP contribution in [0.2, 0.25) is 10.0 Å². The van der Waals surface area contributed by atoms with Gasteiger partial charge in [0.1, 0.15) is 0 Å². The third-order valence-electron chi connectivity index (χ3n) is 2.27. The first kappa shape index (κ1) is 14.9. The third-order valence-corrected chi connectivity index (χ3v) is 2.70. The highest BCUT2D eigenvalue weighted by Crippen LogP contribution is 2.19. The van der Waals surface area contributed by atoms with Gasteiger partial charge in [-0.1, -0.05) is 29.3 Å². The van der Waals surface area contributed by atoms with Gasteiger partial charge in [0.15, 0.2) is 5.96 Å². The van der Waals surface area contributed by atoms with E-state index in [1.54, 1.807) is 19.2 Å². The largest absolute Gasteiger partial charge is 0.356 e. The van der Waals surface area contributed by atoms with Gasteiger partial charge in [0.2, 0.25) is 0 Å². The first-order valence-electron chi connectivity index (χ1n) is 5.66. The Morgan fingerprint density at radius 2 is 1.94 bits per heavy atom. The highest BCUT2D eigenvalue weighted by atomic mass is 35.5. The van der Waals surface area contributed by atoms with Crippen molar-refractivity contribution in [3.63, 3.8) is 0 Å². The molecule has 5 heteroatoms. The number of halogens is 2. The highest BCUT2D eigenvalue weighted by Gasteiger charge is 1.99. The van der Waals surface area contributed by atoms with Crippen molar-refractivity contribution in [2.24, 2.45) is 4.99 Å². The summed E-state index contributed by atoms with van der Waals surface area (Å²) >= 11 is 11.9. The Hall–Kier alpha value is -1.19. The van der Waals surface area contributed by atoms with Gasteiger partial charge in [-0.2, -0.15) is 0 Å². The van der Waals surface area contributed by atoms with Gasteiger partial charge in [-0.3, -0.25) is 4.99 Å². The number of benzene rings is 1. The summed E-state index contributed by atoms with van der Waals surface area (Å²) in [5.41, 5.74) is 1.10. The lowest BCUT2D eigenvalue weighted by Gasteiger charge is -2.10. The first-order valence-corrected chi connectivity index (χ1v) is 6.41. The predicted octanol–water partition coefficient (Wildman–Crippen LogP) is 2.89. The lowest BCUT2D eigenvalue weighted by atomic mass is 10.1. The van der Waals surface area contributed by atoms with Crippen LogP contribution in [0.4, 0.5) is 0 Å². The van der Waals surface area contributed by atoms with Gasteiger partial charge in [-0.15, -0.1) is 6.58 Å². The van der Waals surface area contributed by atoms with Crippen molar-refractivity contribution in [3.8, 4) is 0 Å². The van der Waals surface area contributed by atoms with Crippen LogP contribution in [0.3, 0.4) is 0 Å². The Kier molecular flexibility index (Phi) is 6.61. The van der Waals surface area contributed by atoms with E-state index < -0.39 is 0 Å². The fourth-order valence-electron chi connectivity index (χ4n) is 1.47. The number of guanidine groups is 1. The Bertz CT molecular complexity index is 410. The molecule has 0 spiro atoms. The van der Waals surface area contributed by atoms with Crippen molar-refractivity contribution in [1.29, 1.82) is 0 Å². The number of nitrogens with one attached hydrogen (secondary N) is 2. The molecule has 0 heterocycles. The van der Waals surface area contributed by atoms with Gasteiger partial charge >= 0.3 is 0 Å². The molecule has 2 N–H and O–H groups in total. The van der Waals surface area contributed by atoms with Crippen LogP contribution >= 0.6 is 23.2 Å². The van der Waals surface area contributed by atoms with Gasteiger partial charge in [-0.05, 0) is 30.2 Å². The highest BCUT2D eigenvalue weighted by molar-refractivity contribution is 6.34. The summed E-state index contributed by atoms with van der Waals surface area (Å²) in [6, 6.07) is 5.55. The molecular formula is C13H17Cl2N3. The molecule has 0 saturated carbocycles. The molecule has 0 saturated heterocycles. The summed E-state index contributed by atoms with van der Waals surface area (Å²) in [5.74, 6) is 0.753.